The average molecular weight is 289 g/mol. The van der Waals surface area contributed by atoms with Gasteiger partial charge in [-0.25, -0.2) is 0 Å². The summed E-state index contributed by atoms with van der Waals surface area (Å²) in [5.74, 6) is 1.32. The molecule has 0 bridgehead atoms. The summed E-state index contributed by atoms with van der Waals surface area (Å²) in [5, 5.41) is 3.09. The minimum absolute atomic E-state index is 0.0266. The molecule has 0 aliphatic heterocycles. The van der Waals surface area contributed by atoms with Crippen LogP contribution in [0.25, 0.3) is 0 Å². The first-order valence-corrected chi connectivity index (χ1v) is 6.62. The molecular formula is C14H19N5O2. The lowest BCUT2D eigenvalue weighted by Gasteiger charge is -2.10. The summed E-state index contributed by atoms with van der Waals surface area (Å²) in [4.78, 5) is 12.1. The Balaban J connectivity index is 2.03. The quantitative estimate of drug-likeness (QED) is 0.838. The van der Waals surface area contributed by atoms with Crippen LogP contribution in [0.2, 0.25) is 0 Å². The van der Waals surface area contributed by atoms with Crippen LogP contribution >= 0.6 is 0 Å². The summed E-state index contributed by atoms with van der Waals surface area (Å²) in [6.07, 6.45) is -0.0266. The smallest absolute Gasteiger partial charge is 0.323 e. The number of nitrogen functional groups attached to an aromatic ring is 1. The summed E-state index contributed by atoms with van der Waals surface area (Å²) >= 11 is 0. The molecule has 0 fully saturated rings. The van der Waals surface area contributed by atoms with Crippen molar-refractivity contribution in [2.75, 3.05) is 18.2 Å². The Morgan fingerprint density at radius 2 is 1.86 bits per heavy atom. The first kappa shape index (κ1) is 14.8. The van der Waals surface area contributed by atoms with Crippen LogP contribution in [0.1, 0.15) is 19.4 Å². The van der Waals surface area contributed by atoms with Crippen molar-refractivity contribution in [3.05, 3.63) is 29.8 Å². The van der Waals surface area contributed by atoms with Gasteiger partial charge in [-0.2, -0.15) is 15.0 Å². The van der Waals surface area contributed by atoms with Crippen molar-refractivity contribution in [3.63, 3.8) is 0 Å². The first-order chi connectivity index (χ1) is 10.1. The third kappa shape index (κ3) is 4.48. The molecule has 7 heteroatoms. The monoisotopic (exact) mass is 289 g/mol. The largest absolute Gasteiger partial charge is 0.497 e. The topological polar surface area (TPSA) is 95.2 Å². The zero-order valence-electron chi connectivity index (χ0n) is 12.3. The second-order valence-corrected chi connectivity index (χ2v) is 4.67. The molecule has 0 spiro atoms. The number of nitrogens with zero attached hydrogens (tertiary/aromatic N) is 3. The lowest BCUT2D eigenvalue weighted by atomic mass is 10.2. The molecule has 0 saturated carbocycles. The maximum atomic E-state index is 5.64. The van der Waals surface area contributed by atoms with E-state index in [4.69, 9.17) is 15.2 Å². The third-order valence-corrected chi connectivity index (χ3v) is 2.58. The Kier molecular flexibility index (Phi) is 4.76. The lowest BCUT2D eigenvalue weighted by molar-refractivity contribution is 0.222. The molecule has 0 saturated heterocycles. The highest BCUT2D eigenvalue weighted by molar-refractivity contribution is 5.35. The van der Waals surface area contributed by atoms with Crippen LogP contribution < -0.4 is 20.5 Å². The standard InChI is InChI=1S/C14H19N5O2/c1-9(2)21-14-18-12(15)17-13(19-14)16-8-10-4-6-11(20-3)7-5-10/h4-7,9H,8H2,1-3H3,(H3,15,16,17,18,19). The van der Waals surface area contributed by atoms with Crippen LogP contribution in [0.5, 0.6) is 11.8 Å². The zero-order valence-corrected chi connectivity index (χ0v) is 12.3. The predicted molar refractivity (Wildman–Crippen MR) is 80.3 cm³/mol. The molecule has 1 heterocycles. The highest BCUT2D eigenvalue weighted by atomic mass is 16.5. The van der Waals surface area contributed by atoms with Gasteiger partial charge in [-0.05, 0) is 31.5 Å². The number of rotatable bonds is 6. The van der Waals surface area contributed by atoms with Gasteiger partial charge in [0.1, 0.15) is 5.75 Å². The molecular weight excluding hydrogens is 270 g/mol. The molecule has 0 atom stereocenters. The van der Waals surface area contributed by atoms with Crippen molar-refractivity contribution < 1.29 is 9.47 Å². The molecule has 0 amide bonds. The second kappa shape index (κ2) is 6.74. The number of hydrogen-bond donors (Lipinski definition) is 2. The van der Waals surface area contributed by atoms with E-state index in [1.807, 2.05) is 38.1 Å². The van der Waals surface area contributed by atoms with E-state index in [2.05, 4.69) is 20.3 Å². The van der Waals surface area contributed by atoms with Crippen LogP contribution in [0, 0.1) is 0 Å². The maximum absolute atomic E-state index is 5.64. The summed E-state index contributed by atoms with van der Waals surface area (Å²) in [7, 11) is 1.64. The molecule has 0 unspecified atom stereocenters. The molecule has 1 aromatic carbocycles. The summed E-state index contributed by atoms with van der Waals surface area (Å²) in [6.45, 7) is 4.35. The number of anilines is 2. The van der Waals surface area contributed by atoms with Gasteiger partial charge in [-0.1, -0.05) is 12.1 Å². The van der Waals surface area contributed by atoms with E-state index in [9.17, 15) is 0 Å². The Morgan fingerprint density at radius 3 is 2.48 bits per heavy atom. The van der Waals surface area contributed by atoms with Gasteiger partial charge in [-0.3, -0.25) is 0 Å². The molecule has 3 N–H and O–H groups in total. The SMILES string of the molecule is COc1ccc(CNc2nc(N)nc(OC(C)C)n2)cc1. The fourth-order valence-electron chi connectivity index (χ4n) is 1.64. The van der Waals surface area contributed by atoms with Crippen LogP contribution in [0.15, 0.2) is 24.3 Å². The van der Waals surface area contributed by atoms with Crippen molar-refractivity contribution in [3.8, 4) is 11.8 Å². The molecule has 7 nitrogen and oxygen atoms in total. The average Bonchev–Trinajstić information content (AvgIpc) is 2.44. The second-order valence-electron chi connectivity index (χ2n) is 4.67. The molecule has 2 aromatic rings. The van der Waals surface area contributed by atoms with Gasteiger partial charge in [0, 0.05) is 6.54 Å². The molecule has 21 heavy (non-hydrogen) atoms. The minimum Gasteiger partial charge on any atom is -0.497 e. The number of ether oxygens (including phenoxy) is 2. The van der Waals surface area contributed by atoms with Gasteiger partial charge in [0.15, 0.2) is 0 Å². The van der Waals surface area contributed by atoms with E-state index in [0.29, 0.717) is 12.5 Å². The number of nitrogens with one attached hydrogen (secondary N) is 1. The first-order valence-electron chi connectivity index (χ1n) is 6.62. The molecule has 0 radical (unpaired) electrons. The van der Waals surface area contributed by atoms with Gasteiger partial charge in [0.2, 0.25) is 11.9 Å². The van der Waals surface area contributed by atoms with Crippen LogP contribution in [-0.2, 0) is 6.54 Å². The van der Waals surface area contributed by atoms with Crippen molar-refractivity contribution in [1.29, 1.82) is 0 Å². The Morgan fingerprint density at radius 1 is 1.14 bits per heavy atom. The highest BCUT2D eigenvalue weighted by Crippen LogP contribution is 2.14. The number of benzene rings is 1. The van der Waals surface area contributed by atoms with Crippen molar-refractivity contribution >= 4 is 11.9 Å². The highest BCUT2D eigenvalue weighted by Gasteiger charge is 2.07. The Hall–Kier alpha value is -2.57. The van der Waals surface area contributed by atoms with E-state index in [0.717, 1.165) is 11.3 Å². The van der Waals surface area contributed by atoms with Crippen molar-refractivity contribution in [2.45, 2.75) is 26.5 Å². The number of methoxy groups -OCH3 is 1. The minimum atomic E-state index is -0.0266. The Labute approximate surface area is 123 Å². The van der Waals surface area contributed by atoms with E-state index < -0.39 is 0 Å². The summed E-state index contributed by atoms with van der Waals surface area (Å²) in [5.41, 5.74) is 6.71. The maximum Gasteiger partial charge on any atom is 0.323 e. The van der Waals surface area contributed by atoms with E-state index in [-0.39, 0.29) is 18.1 Å². The van der Waals surface area contributed by atoms with E-state index in [1.165, 1.54) is 0 Å². The van der Waals surface area contributed by atoms with Gasteiger partial charge >= 0.3 is 6.01 Å². The molecule has 1 aromatic heterocycles. The summed E-state index contributed by atoms with van der Waals surface area (Å²) in [6, 6.07) is 7.93. The van der Waals surface area contributed by atoms with Gasteiger partial charge in [0.05, 0.1) is 13.2 Å². The van der Waals surface area contributed by atoms with E-state index in [1.54, 1.807) is 7.11 Å². The number of aromatic nitrogens is 3. The third-order valence-electron chi connectivity index (χ3n) is 2.58. The fourth-order valence-corrected chi connectivity index (χ4v) is 1.64. The fraction of sp³-hybridized carbons (Fsp3) is 0.357. The van der Waals surface area contributed by atoms with Crippen LogP contribution in [-0.4, -0.2) is 28.2 Å². The normalized spacial score (nSPS) is 10.5. The molecule has 112 valence electrons. The Bertz CT molecular complexity index is 586. The van der Waals surface area contributed by atoms with Crippen LogP contribution in [0.3, 0.4) is 0 Å². The van der Waals surface area contributed by atoms with E-state index >= 15 is 0 Å². The van der Waals surface area contributed by atoms with Gasteiger partial charge in [-0.15, -0.1) is 0 Å². The zero-order chi connectivity index (χ0) is 15.2. The predicted octanol–water partition coefficient (Wildman–Crippen LogP) is 1.86. The summed E-state index contributed by atoms with van der Waals surface area (Å²) < 4.78 is 10.5. The van der Waals surface area contributed by atoms with Crippen LogP contribution in [0.4, 0.5) is 11.9 Å². The van der Waals surface area contributed by atoms with Gasteiger partial charge < -0.3 is 20.5 Å². The number of nitrogens with two attached hydrogens (primary N) is 1. The van der Waals surface area contributed by atoms with Crippen molar-refractivity contribution in [2.24, 2.45) is 0 Å². The number of hydrogen-bond acceptors (Lipinski definition) is 7. The lowest BCUT2D eigenvalue weighted by Crippen LogP contribution is -2.12. The molecule has 2 rings (SSSR count). The molecule has 0 aliphatic rings. The molecule has 0 aliphatic carbocycles. The van der Waals surface area contributed by atoms with Gasteiger partial charge in [0.25, 0.3) is 0 Å². The van der Waals surface area contributed by atoms with Crippen molar-refractivity contribution in [1.82, 2.24) is 15.0 Å².